The molecule has 4 amide bonds. The van der Waals surface area contributed by atoms with Gasteiger partial charge in [-0.3, -0.25) is 24.2 Å². The largest absolute Gasteiger partial charge is 0.392 e. The van der Waals surface area contributed by atoms with E-state index in [0.29, 0.717) is 25.8 Å². The van der Waals surface area contributed by atoms with Crippen LogP contribution in [0.15, 0.2) is 24.3 Å². The van der Waals surface area contributed by atoms with Gasteiger partial charge in [-0.2, -0.15) is 0 Å². The van der Waals surface area contributed by atoms with E-state index in [1.807, 2.05) is 39.0 Å². The highest BCUT2D eigenvalue weighted by atomic mass is 16.3. The number of benzene rings is 1. The average Bonchev–Trinajstić information content (AvgIpc) is 2.92. The molecule has 1 aromatic rings. The Morgan fingerprint density at radius 3 is 2.31 bits per heavy atom. The highest BCUT2D eigenvalue weighted by Crippen LogP contribution is 2.19. The summed E-state index contributed by atoms with van der Waals surface area (Å²) in [6.07, 6.45) is 3.28. The first-order valence-electron chi connectivity index (χ1n) is 14.2. The van der Waals surface area contributed by atoms with Crippen LogP contribution in [0.1, 0.15) is 83.9 Å². The number of aliphatic hydroxyl groups excluding tert-OH is 1. The quantitative estimate of drug-likeness (QED) is 0.366. The zero-order valence-electron chi connectivity index (χ0n) is 23.8. The molecule has 0 spiro atoms. The fraction of sp³-hybridized carbons (Fsp3) is 0.655. The molecule has 3 rings (SSSR count). The minimum atomic E-state index is -0.868. The Morgan fingerprint density at radius 1 is 0.872 bits per heavy atom. The van der Waals surface area contributed by atoms with E-state index in [-0.39, 0.29) is 23.8 Å². The topological polar surface area (TPSA) is 140 Å². The minimum absolute atomic E-state index is 0.185. The molecule has 0 aromatic heterocycles. The van der Waals surface area contributed by atoms with Crippen LogP contribution in [0.4, 0.5) is 0 Å². The summed E-state index contributed by atoms with van der Waals surface area (Å²) in [7, 11) is 0. The van der Waals surface area contributed by atoms with Crippen molar-refractivity contribution in [3.63, 3.8) is 0 Å². The summed E-state index contributed by atoms with van der Waals surface area (Å²) in [5.41, 5.74) is 5.17. The second-order valence-corrected chi connectivity index (χ2v) is 11.4. The van der Waals surface area contributed by atoms with Crippen LogP contribution in [0.2, 0.25) is 0 Å². The zero-order valence-corrected chi connectivity index (χ0v) is 23.8. The number of aliphatic hydroxyl groups is 1. The van der Waals surface area contributed by atoms with E-state index in [0.717, 1.165) is 30.4 Å². The van der Waals surface area contributed by atoms with Gasteiger partial charge >= 0.3 is 0 Å². The van der Waals surface area contributed by atoms with Gasteiger partial charge in [0.25, 0.3) is 5.91 Å². The Morgan fingerprint density at radius 2 is 1.59 bits per heavy atom. The van der Waals surface area contributed by atoms with Crippen molar-refractivity contribution < 1.29 is 24.3 Å². The molecule has 10 heteroatoms. The van der Waals surface area contributed by atoms with Crippen molar-refractivity contribution in [2.24, 2.45) is 11.8 Å². The molecule has 1 fully saturated rings. The van der Waals surface area contributed by atoms with Gasteiger partial charge in [-0.05, 0) is 63.0 Å². The number of aryl methyl sites for hydroxylation is 1. The number of rotatable bonds is 1. The molecule has 5 N–H and O–H groups in total. The maximum Gasteiger partial charge on any atom is 0.258 e. The van der Waals surface area contributed by atoms with Crippen LogP contribution in [0.5, 0.6) is 0 Å². The summed E-state index contributed by atoms with van der Waals surface area (Å²) in [5, 5.41) is 20.6. The van der Waals surface area contributed by atoms with E-state index in [4.69, 9.17) is 0 Å². The van der Waals surface area contributed by atoms with Gasteiger partial charge in [-0.15, -0.1) is 0 Å². The lowest BCUT2D eigenvalue weighted by Crippen LogP contribution is -2.62. The van der Waals surface area contributed by atoms with Crippen LogP contribution in [-0.2, 0) is 25.6 Å². The van der Waals surface area contributed by atoms with Crippen molar-refractivity contribution in [2.75, 3.05) is 6.54 Å². The monoisotopic (exact) mass is 543 g/mol. The van der Waals surface area contributed by atoms with Crippen molar-refractivity contribution in [1.82, 2.24) is 26.4 Å². The number of carbonyl (C=O) groups excluding carboxylic acids is 4. The second-order valence-electron chi connectivity index (χ2n) is 11.4. The Balaban J connectivity index is 1.82. The van der Waals surface area contributed by atoms with E-state index in [1.165, 1.54) is 5.01 Å². The third-order valence-electron chi connectivity index (χ3n) is 7.76. The van der Waals surface area contributed by atoms with Crippen LogP contribution < -0.4 is 21.4 Å². The van der Waals surface area contributed by atoms with E-state index in [2.05, 4.69) is 27.4 Å². The van der Waals surface area contributed by atoms with Crippen molar-refractivity contribution in [2.45, 2.75) is 103 Å². The van der Waals surface area contributed by atoms with Gasteiger partial charge in [-0.1, -0.05) is 51.5 Å². The zero-order chi connectivity index (χ0) is 28.7. The molecule has 39 heavy (non-hydrogen) atoms. The highest BCUT2D eigenvalue weighted by molar-refractivity contribution is 5.92. The number of hydrazine groups is 1. The fourth-order valence-corrected chi connectivity index (χ4v) is 5.08. The molecule has 0 aliphatic carbocycles. The van der Waals surface area contributed by atoms with Gasteiger partial charge in [-0.25, -0.2) is 5.43 Å². The summed E-state index contributed by atoms with van der Waals surface area (Å²) in [6, 6.07) is 5.59. The first-order valence-corrected chi connectivity index (χ1v) is 14.2. The Labute approximate surface area is 231 Å². The van der Waals surface area contributed by atoms with Crippen molar-refractivity contribution >= 4 is 23.6 Å². The molecule has 2 aliphatic rings. The Hall–Kier alpha value is -2.98. The van der Waals surface area contributed by atoms with Gasteiger partial charge < -0.3 is 21.1 Å². The van der Waals surface area contributed by atoms with E-state index in [1.54, 1.807) is 13.8 Å². The standard InChI is InChI=1S/C29H45N5O5/c1-17(2)25-28(38)31-20(5)29(39)34-15-9-13-23(33-34)27(37)30-19(4)22-12-8-11-21(16-22)10-6-7-14-24(35)18(3)26(36)32-25/h8,11-12,16-20,23-25,33,35H,6-7,9-10,13-15H2,1-5H3,(H,30,37)(H,31,38)(H,32,36)/t18-,19-,20+,23+,24-,25?/m1/s1. The maximum atomic E-state index is 13.2. The Kier molecular flexibility index (Phi) is 10.9. The molecule has 1 unspecified atom stereocenters. The Bertz CT molecular complexity index is 1030. The summed E-state index contributed by atoms with van der Waals surface area (Å²) in [6.45, 7) is 9.23. The smallest absolute Gasteiger partial charge is 0.258 e. The summed E-state index contributed by atoms with van der Waals surface area (Å²) in [4.78, 5) is 52.3. The lowest BCUT2D eigenvalue weighted by atomic mass is 9.95. The van der Waals surface area contributed by atoms with Crippen LogP contribution in [-0.4, -0.2) is 64.5 Å². The highest BCUT2D eigenvalue weighted by Gasteiger charge is 2.34. The normalized spacial score (nSPS) is 30.5. The fourth-order valence-electron chi connectivity index (χ4n) is 5.08. The molecule has 2 aliphatic heterocycles. The SMILES string of the molecule is CC(C)C1NC(=O)[C@H](C)[C@H](O)CCCCc2cccc(c2)[C@@H](C)NC(=O)[C@@H]2CCCN(N2)C(=O)[C@H](C)NC1=O. The van der Waals surface area contributed by atoms with Crippen LogP contribution in [0.3, 0.4) is 0 Å². The molecular weight excluding hydrogens is 498 g/mol. The van der Waals surface area contributed by atoms with Gasteiger partial charge in [0.15, 0.2) is 0 Å². The number of nitrogens with zero attached hydrogens (tertiary/aromatic N) is 1. The first kappa shape index (κ1) is 30.6. The number of hydrogen-bond acceptors (Lipinski definition) is 6. The minimum Gasteiger partial charge on any atom is -0.392 e. The molecule has 216 valence electrons. The van der Waals surface area contributed by atoms with Crippen LogP contribution >= 0.6 is 0 Å². The van der Waals surface area contributed by atoms with Gasteiger partial charge in [0.2, 0.25) is 17.7 Å². The van der Waals surface area contributed by atoms with Crippen LogP contribution in [0.25, 0.3) is 0 Å². The van der Waals surface area contributed by atoms with E-state index in [9.17, 15) is 24.3 Å². The van der Waals surface area contributed by atoms with Gasteiger partial charge in [0.1, 0.15) is 18.1 Å². The predicted molar refractivity (Wildman–Crippen MR) is 148 cm³/mol. The number of hydrogen-bond donors (Lipinski definition) is 5. The molecule has 1 saturated heterocycles. The first-order chi connectivity index (χ1) is 18.5. The molecule has 6 atom stereocenters. The number of fused-ring (bicyclic) bond motifs is 4. The summed E-state index contributed by atoms with van der Waals surface area (Å²) in [5.74, 6) is -2.32. The predicted octanol–water partition coefficient (Wildman–Crippen LogP) is 1.73. The third kappa shape index (κ3) is 8.25. The summed E-state index contributed by atoms with van der Waals surface area (Å²) < 4.78 is 0. The molecular formula is C29H45N5O5. The molecule has 0 radical (unpaired) electrons. The molecule has 4 bridgehead atoms. The molecule has 0 saturated carbocycles. The van der Waals surface area contributed by atoms with Gasteiger partial charge in [0, 0.05) is 6.54 Å². The average molecular weight is 544 g/mol. The van der Waals surface area contributed by atoms with Crippen LogP contribution in [0, 0.1) is 11.8 Å². The van der Waals surface area contributed by atoms with Crippen molar-refractivity contribution in [3.8, 4) is 0 Å². The number of amides is 4. The van der Waals surface area contributed by atoms with Gasteiger partial charge in [0.05, 0.1) is 18.1 Å². The third-order valence-corrected chi connectivity index (χ3v) is 7.76. The van der Waals surface area contributed by atoms with E-state index < -0.39 is 42.0 Å². The lowest BCUT2D eigenvalue weighted by Gasteiger charge is -2.35. The van der Waals surface area contributed by atoms with E-state index >= 15 is 0 Å². The number of nitrogens with one attached hydrogen (secondary N) is 4. The molecule has 10 nitrogen and oxygen atoms in total. The number of carbonyl (C=O) groups is 4. The molecule has 1 aromatic carbocycles. The van der Waals surface area contributed by atoms with Crippen molar-refractivity contribution in [1.29, 1.82) is 0 Å². The maximum absolute atomic E-state index is 13.2. The lowest BCUT2D eigenvalue weighted by molar-refractivity contribution is -0.143. The summed E-state index contributed by atoms with van der Waals surface area (Å²) >= 11 is 0. The molecule has 2 heterocycles. The second kappa shape index (κ2) is 13.9. The van der Waals surface area contributed by atoms with Crippen molar-refractivity contribution in [3.05, 3.63) is 35.4 Å².